The zero-order valence-corrected chi connectivity index (χ0v) is 11.3. The Morgan fingerprint density at radius 1 is 1.37 bits per heavy atom. The average molecular weight is 271 g/mol. The number of carboxylic acid groups (broad SMARTS) is 1. The minimum Gasteiger partial charge on any atom is -0.480 e. The Morgan fingerprint density at radius 2 is 2.00 bits per heavy atom. The van der Waals surface area contributed by atoms with E-state index >= 15 is 0 Å². The first kappa shape index (κ1) is 15.3. The SMILES string of the molecule is CCCC(NC(=O)N(C)CC(=O)NC1CC1)C(=O)O. The van der Waals surface area contributed by atoms with Gasteiger partial charge in [-0.05, 0) is 19.3 Å². The summed E-state index contributed by atoms with van der Waals surface area (Å²) in [5.74, 6) is -1.28. The normalized spacial score (nSPS) is 15.5. The highest BCUT2D eigenvalue weighted by Gasteiger charge is 2.25. The predicted octanol–water partition coefficient (Wildman–Crippen LogP) is 0.160. The molecule has 7 heteroatoms. The molecule has 0 aromatic heterocycles. The lowest BCUT2D eigenvalue weighted by molar-refractivity contribution is -0.139. The van der Waals surface area contributed by atoms with Crippen LogP contribution in [0, 0.1) is 0 Å². The minimum absolute atomic E-state index is 0.0687. The molecule has 1 atom stereocenters. The van der Waals surface area contributed by atoms with Crippen LogP contribution in [0.1, 0.15) is 32.6 Å². The first-order valence-corrected chi connectivity index (χ1v) is 6.47. The number of nitrogens with zero attached hydrogens (tertiary/aromatic N) is 1. The molecular formula is C12H21N3O4. The van der Waals surface area contributed by atoms with Gasteiger partial charge in [0.1, 0.15) is 12.6 Å². The van der Waals surface area contributed by atoms with Gasteiger partial charge in [-0.15, -0.1) is 0 Å². The fourth-order valence-corrected chi connectivity index (χ4v) is 1.59. The van der Waals surface area contributed by atoms with E-state index in [-0.39, 0.29) is 18.5 Å². The highest BCUT2D eigenvalue weighted by molar-refractivity contribution is 5.86. The Morgan fingerprint density at radius 3 is 2.47 bits per heavy atom. The first-order valence-electron chi connectivity index (χ1n) is 6.47. The summed E-state index contributed by atoms with van der Waals surface area (Å²) < 4.78 is 0. The highest BCUT2D eigenvalue weighted by atomic mass is 16.4. The van der Waals surface area contributed by atoms with Crippen molar-refractivity contribution >= 4 is 17.9 Å². The Hall–Kier alpha value is -1.79. The van der Waals surface area contributed by atoms with Crippen LogP contribution in [0.15, 0.2) is 0 Å². The molecule has 0 heterocycles. The van der Waals surface area contributed by atoms with Crippen LogP contribution >= 0.6 is 0 Å². The highest BCUT2D eigenvalue weighted by Crippen LogP contribution is 2.18. The summed E-state index contributed by atoms with van der Waals surface area (Å²) in [4.78, 5) is 35.3. The standard InChI is InChI=1S/C12H21N3O4/c1-3-4-9(11(17)18)14-12(19)15(2)7-10(16)13-8-5-6-8/h8-9H,3-7H2,1-2H3,(H,13,16)(H,14,19)(H,17,18). The van der Waals surface area contributed by atoms with Gasteiger partial charge < -0.3 is 20.6 Å². The van der Waals surface area contributed by atoms with Crippen LogP contribution < -0.4 is 10.6 Å². The second kappa shape index (κ2) is 6.96. The molecule has 1 saturated carbocycles. The molecule has 1 aliphatic rings. The number of hydrogen-bond donors (Lipinski definition) is 3. The Labute approximate surface area is 112 Å². The Bertz CT molecular complexity index is 355. The van der Waals surface area contributed by atoms with Gasteiger partial charge in [-0.1, -0.05) is 13.3 Å². The zero-order chi connectivity index (χ0) is 14.4. The maximum absolute atomic E-state index is 11.7. The van der Waals surface area contributed by atoms with Gasteiger partial charge in [-0.25, -0.2) is 9.59 Å². The molecule has 1 unspecified atom stereocenters. The van der Waals surface area contributed by atoms with Gasteiger partial charge in [-0.2, -0.15) is 0 Å². The number of urea groups is 1. The van der Waals surface area contributed by atoms with E-state index in [1.165, 1.54) is 11.9 Å². The number of amides is 3. The molecule has 0 aliphatic heterocycles. The third-order valence-corrected chi connectivity index (χ3v) is 2.84. The molecule has 3 N–H and O–H groups in total. The summed E-state index contributed by atoms with van der Waals surface area (Å²) in [6.07, 6.45) is 2.99. The molecule has 0 spiro atoms. The lowest BCUT2D eigenvalue weighted by Gasteiger charge is -2.20. The van der Waals surface area contributed by atoms with Crippen LogP contribution in [-0.2, 0) is 9.59 Å². The van der Waals surface area contributed by atoms with Crippen molar-refractivity contribution in [2.45, 2.75) is 44.7 Å². The number of rotatable bonds is 7. The molecule has 3 amide bonds. The van der Waals surface area contributed by atoms with E-state index in [1.54, 1.807) is 0 Å². The second-order valence-corrected chi connectivity index (χ2v) is 4.83. The molecule has 0 bridgehead atoms. The maximum atomic E-state index is 11.7. The van der Waals surface area contributed by atoms with E-state index in [2.05, 4.69) is 10.6 Å². The van der Waals surface area contributed by atoms with Gasteiger partial charge in [0.25, 0.3) is 0 Å². The summed E-state index contributed by atoms with van der Waals surface area (Å²) in [5, 5.41) is 14.1. The molecule has 1 rings (SSSR count). The van der Waals surface area contributed by atoms with E-state index in [0.29, 0.717) is 12.8 Å². The Kier molecular flexibility index (Phi) is 5.59. The van der Waals surface area contributed by atoms with Crippen molar-refractivity contribution in [2.75, 3.05) is 13.6 Å². The van der Waals surface area contributed by atoms with Gasteiger partial charge in [0, 0.05) is 13.1 Å². The minimum atomic E-state index is -1.06. The lowest BCUT2D eigenvalue weighted by Crippen LogP contribution is -2.49. The van der Waals surface area contributed by atoms with E-state index in [9.17, 15) is 14.4 Å². The summed E-state index contributed by atoms with van der Waals surface area (Å²) >= 11 is 0. The van der Waals surface area contributed by atoms with Crippen LogP contribution in [0.25, 0.3) is 0 Å². The Balaban J connectivity index is 2.36. The fourth-order valence-electron chi connectivity index (χ4n) is 1.59. The number of carbonyl (C=O) groups is 3. The fraction of sp³-hybridized carbons (Fsp3) is 0.750. The van der Waals surface area contributed by atoms with Crippen molar-refractivity contribution < 1.29 is 19.5 Å². The number of carbonyl (C=O) groups excluding carboxylic acids is 2. The number of nitrogens with one attached hydrogen (secondary N) is 2. The van der Waals surface area contributed by atoms with Crippen molar-refractivity contribution in [3.63, 3.8) is 0 Å². The van der Waals surface area contributed by atoms with Gasteiger partial charge in [0.2, 0.25) is 5.91 Å². The van der Waals surface area contributed by atoms with Crippen LogP contribution in [-0.4, -0.2) is 53.6 Å². The molecular weight excluding hydrogens is 250 g/mol. The lowest BCUT2D eigenvalue weighted by atomic mass is 10.2. The molecule has 1 fully saturated rings. The van der Waals surface area contributed by atoms with E-state index < -0.39 is 18.0 Å². The zero-order valence-electron chi connectivity index (χ0n) is 11.3. The molecule has 0 radical (unpaired) electrons. The van der Waals surface area contributed by atoms with E-state index in [0.717, 1.165) is 12.8 Å². The van der Waals surface area contributed by atoms with Gasteiger partial charge in [0.15, 0.2) is 0 Å². The van der Waals surface area contributed by atoms with E-state index in [1.807, 2.05) is 6.92 Å². The molecule has 0 aromatic rings. The van der Waals surface area contributed by atoms with Crippen LogP contribution in [0.2, 0.25) is 0 Å². The maximum Gasteiger partial charge on any atom is 0.326 e. The van der Waals surface area contributed by atoms with Gasteiger partial charge in [-0.3, -0.25) is 4.79 Å². The van der Waals surface area contributed by atoms with Crippen molar-refractivity contribution in [3.05, 3.63) is 0 Å². The second-order valence-electron chi connectivity index (χ2n) is 4.83. The number of hydrogen-bond acceptors (Lipinski definition) is 3. The molecule has 0 saturated heterocycles. The van der Waals surface area contributed by atoms with Crippen LogP contribution in [0.4, 0.5) is 4.79 Å². The van der Waals surface area contributed by atoms with Crippen molar-refractivity contribution in [1.29, 1.82) is 0 Å². The monoisotopic (exact) mass is 271 g/mol. The van der Waals surface area contributed by atoms with Gasteiger partial charge in [0.05, 0.1) is 0 Å². The van der Waals surface area contributed by atoms with Crippen LogP contribution in [0.5, 0.6) is 0 Å². The summed E-state index contributed by atoms with van der Waals surface area (Å²) in [6, 6.07) is -1.21. The third-order valence-electron chi connectivity index (χ3n) is 2.84. The van der Waals surface area contributed by atoms with Crippen molar-refractivity contribution in [2.24, 2.45) is 0 Å². The van der Waals surface area contributed by atoms with E-state index in [4.69, 9.17) is 5.11 Å². The number of aliphatic carboxylic acids is 1. The largest absolute Gasteiger partial charge is 0.480 e. The summed E-state index contributed by atoms with van der Waals surface area (Å²) in [7, 11) is 1.46. The van der Waals surface area contributed by atoms with Crippen molar-refractivity contribution in [1.82, 2.24) is 15.5 Å². The van der Waals surface area contributed by atoms with Gasteiger partial charge >= 0.3 is 12.0 Å². The topological polar surface area (TPSA) is 98.7 Å². The van der Waals surface area contributed by atoms with Crippen LogP contribution in [0.3, 0.4) is 0 Å². The summed E-state index contributed by atoms with van der Waals surface area (Å²) in [6.45, 7) is 1.77. The number of likely N-dealkylation sites (N-methyl/N-ethyl adjacent to an activating group) is 1. The quantitative estimate of drug-likeness (QED) is 0.614. The smallest absolute Gasteiger partial charge is 0.326 e. The summed E-state index contributed by atoms with van der Waals surface area (Å²) in [5.41, 5.74) is 0. The predicted molar refractivity (Wildman–Crippen MR) is 68.7 cm³/mol. The molecule has 108 valence electrons. The average Bonchev–Trinajstić information content (AvgIpc) is 3.11. The molecule has 7 nitrogen and oxygen atoms in total. The molecule has 0 aromatic carbocycles. The first-order chi connectivity index (χ1) is 8.93. The number of carboxylic acids is 1. The molecule has 1 aliphatic carbocycles. The third kappa shape index (κ3) is 5.58. The molecule has 19 heavy (non-hydrogen) atoms. The van der Waals surface area contributed by atoms with Crippen molar-refractivity contribution in [3.8, 4) is 0 Å².